The number of benzene rings is 1. The first-order chi connectivity index (χ1) is 10.1. The van der Waals surface area contributed by atoms with Crippen molar-refractivity contribution in [3.8, 4) is 5.69 Å². The van der Waals surface area contributed by atoms with Crippen LogP contribution in [0.3, 0.4) is 0 Å². The third kappa shape index (κ3) is 2.56. The molecule has 0 amide bonds. The molecule has 1 aliphatic rings. The summed E-state index contributed by atoms with van der Waals surface area (Å²) in [6, 6.07) is 10.7. The van der Waals surface area contributed by atoms with Crippen molar-refractivity contribution in [3.63, 3.8) is 0 Å². The number of nitrogens with one attached hydrogen (secondary N) is 1. The Morgan fingerprint density at radius 3 is 2.81 bits per heavy atom. The molecule has 1 heterocycles. The SMILES string of the molecule is CCOC1CC(Nc2ccccc2-n2cccn2)C1(C)C. The van der Waals surface area contributed by atoms with Crippen LogP contribution in [0.4, 0.5) is 5.69 Å². The molecule has 1 aromatic heterocycles. The van der Waals surface area contributed by atoms with Crippen molar-refractivity contribution < 1.29 is 4.74 Å². The van der Waals surface area contributed by atoms with Crippen LogP contribution in [0.2, 0.25) is 0 Å². The van der Waals surface area contributed by atoms with Gasteiger partial charge in [-0.2, -0.15) is 5.10 Å². The number of nitrogens with zero attached hydrogens (tertiary/aromatic N) is 2. The number of para-hydroxylation sites is 2. The zero-order valence-corrected chi connectivity index (χ0v) is 12.9. The first kappa shape index (κ1) is 14.1. The molecule has 1 fully saturated rings. The highest BCUT2D eigenvalue weighted by Gasteiger charge is 2.49. The van der Waals surface area contributed by atoms with E-state index in [9.17, 15) is 0 Å². The lowest BCUT2D eigenvalue weighted by Gasteiger charge is -2.52. The summed E-state index contributed by atoms with van der Waals surface area (Å²) in [5, 5.41) is 8.00. The number of rotatable bonds is 5. The molecule has 1 N–H and O–H groups in total. The summed E-state index contributed by atoms with van der Waals surface area (Å²) >= 11 is 0. The quantitative estimate of drug-likeness (QED) is 0.914. The Hall–Kier alpha value is -1.81. The van der Waals surface area contributed by atoms with Gasteiger partial charge in [-0.05, 0) is 31.5 Å². The van der Waals surface area contributed by atoms with E-state index in [1.807, 2.05) is 23.0 Å². The van der Waals surface area contributed by atoms with E-state index in [2.05, 4.69) is 49.4 Å². The molecule has 0 bridgehead atoms. The fourth-order valence-corrected chi connectivity index (χ4v) is 3.01. The largest absolute Gasteiger partial charge is 0.380 e. The molecule has 1 aromatic carbocycles. The van der Waals surface area contributed by atoms with Crippen molar-refractivity contribution in [2.75, 3.05) is 11.9 Å². The lowest BCUT2D eigenvalue weighted by molar-refractivity contribution is -0.0975. The minimum Gasteiger partial charge on any atom is -0.380 e. The highest BCUT2D eigenvalue weighted by atomic mass is 16.5. The van der Waals surface area contributed by atoms with Gasteiger partial charge in [0.25, 0.3) is 0 Å². The molecule has 4 nitrogen and oxygen atoms in total. The number of anilines is 1. The maximum absolute atomic E-state index is 5.81. The molecule has 21 heavy (non-hydrogen) atoms. The van der Waals surface area contributed by atoms with Gasteiger partial charge in [0.1, 0.15) is 0 Å². The lowest BCUT2D eigenvalue weighted by Crippen LogP contribution is -2.58. The third-order valence-corrected chi connectivity index (χ3v) is 4.53. The fraction of sp³-hybridized carbons (Fsp3) is 0.471. The van der Waals surface area contributed by atoms with Crippen molar-refractivity contribution in [2.24, 2.45) is 5.41 Å². The molecule has 2 aromatic rings. The third-order valence-electron chi connectivity index (χ3n) is 4.53. The molecule has 0 aliphatic heterocycles. The van der Waals surface area contributed by atoms with Gasteiger partial charge >= 0.3 is 0 Å². The van der Waals surface area contributed by atoms with Crippen molar-refractivity contribution >= 4 is 5.69 Å². The summed E-state index contributed by atoms with van der Waals surface area (Å²) in [6.45, 7) is 7.38. The van der Waals surface area contributed by atoms with Crippen LogP contribution in [0, 0.1) is 5.41 Å². The van der Waals surface area contributed by atoms with Crippen LogP contribution in [0.15, 0.2) is 42.7 Å². The van der Waals surface area contributed by atoms with Crippen LogP contribution in [-0.4, -0.2) is 28.5 Å². The summed E-state index contributed by atoms with van der Waals surface area (Å²) in [5.74, 6) is 0. The number of hydrogen-bond acceptors (Lipinski definition) is 3. The summed E-state index contributed by atoms with van der Waals surface area (Å²) in [4.78, 5) is 0. The van der Waals surface area contributed by atoms with Gasteiger partial charge in [0.15, 0.2) is 0 Å². The smallest absolute Gasteiger partial charge is 0.0876 e. The summed E-state index contributed by atoms with van der Waals surface area (Å²) in [6.07, 6.45) is 5.16. The maximum Gasteiger partial charge on any atom is 0.0876 e. The van der Waals surface area contributed by atoms with Crippen molar-refractivity contribution in [3.05, 3.63) is 42.7 Å². The zero-order chi connectivity index (χ0) is 14.9. The number of ether oxygens (including phenoxy) is 1. The Bertz CT molecular complexity index is 592. The molecular weight excluding hydrogens is 262 g/mol. The molecule has 3 rings (SSSR count). The Kier molecular flexibility index (Phi) is 3.72. The first-order valence-electron chi connectivity index (χ1n) is 7.60. The van der Waals surface area contributed by atoms with E-state index in [-0.39, 0.29) is 5.41 Å². The van der Waals surface area contributed by atoms with E-state index in [0.717, 1.165) is 24.4 Å². The van der Waals surface area contributed by atoms with E-state index in [4.69, 9.17) is 4.74 Å². The molecule has 4 heteroatoms. The van der Waals surface area contributed by atoms with Gasteiger partial charge in [0.2, 0.25) is 0 Å². The molecular formula is C17H23N3O. The highest BCUT2D eigenvalue weighted by molar-refractivity contribution is 5.61. The molecule has 1 saturated carbocycles. The van der Waals surface area contributed by atoms with Crippen molar-refractivity contribution in [2.45, 2.75) is 39.3 Å². The Morgan fingerprint density at radius 2 is 2.14 bits per heavy atom. The van der Waals surface area contributed by atoms with Crippen LogP contribution in [0.25, 0.3) is 5.69 Å². The van der Waals surface area contributed by atoms with E-state index in [1.54, 1.807) is 6.20 Å². The Balaban J connectivity index is 1.78. The minimum absolute atomic E-state index is 0.146. The lowest BCUT2D eigenvalue weighted by atomic mass is 9.64. The average molecular weight is 285 g/mol. The van der Waals surface area contributed by atoms with Crippen LogP contribution in [0.1, 0.15) is 27.2 Å². The van der Waals surface area contributed by atoms with Crippen molar-refractivity contribution in [1.82, 2.24) is 9.78 Å². The van der Waals surface area contributed by atoms with Gasteiger partial charge < -0.3 is 10.1 Å². The Morgan fingerprint density at radius 1 is 1.33 bits per heavy atom. The monoisotopic (exact) mass is 285 g/mol. The standard InChI is InChI=1S/C17H23N3O/c1-4-21-16-12-15(17(16,2)3)19-13-8-5-6-9-14(13)20-11-7-10-18-20/h5-11,15-16,19H,4,12H2,1-3H3. The van der Waals surface area contributed by atoms with Gasteiger partial charge in [0.05, 0.1) is 17.5 Å². The van der Waals surface area contributed by atoms with Crippen LogP contribution in [0.5, 0.6) is 0 Å². The fourth-order valence-electron chi connectivity index (χ4n) is 3.01. The van der Waals surface area contributed by atoms with Gasteiger partial charge in [-0.25, -0.2) is 4.68 Å². The second-order valence-corrected chi connectivity index (χ2v) is 6.17. The van der Waals surface area contributed by atoms with Crippen LogP contribution < -0.4 is 5.32 Å². The second-order valence-electron chi connectivity index (χ2n) is 6.17. The van der Waals surface area contributed by atoms with E-state index in [0.29, 0.717) is 12.1 Å². The van der Waals surface area contributed by atoms with Gasteiger partial charge in [0, 0.05) is 30.5 Å². The minimum atomic E-state index is 0.146. The predicted molar refractivity (Wildman–Crippen MR) is 84.8 cm³/mol. The van der Waals surface area contributed by atoms with Gasteiger partial charge in [-0.1, -0.05) is 26.0 Å². The predicted octanol–water partition coefficient (Wildman–Crippen LogP) is 3.49. The second kappa shape index (κ2) is 5.53. The number of hydrogen-bond donors (Lipinski definition) is 1. The molecule has 0 saturated heterocycles. The molecule has 112 valence electrons. The van der Waals surface area contributed by atoms with E-state index >= 15 is 0 Å². The van der Waals surface area contributed by atoms with E-state index in [1.165, 1.54) is 0 Å². The average Bonchev–Trinajstić information content (AvgIpc) is 3.01. The Labute approximate surface area is 126 Å². The molecule has 2 unspecified atom stereocenters. The van der Waals surface area contributed by atoms with Crippen LogP contribution in [-0.2, 0) is 4.74 Å². The highest BCUT2D eigenvalue weighted by Crippen LogP contribution is 2.44. The first-order valence-corrected chi connectivity index (χ1v) is 7.60. The molecule has 1 aliphatic carbocycles. The maximum atomic E-state index is 5.81. The van der Waals surface area contributed by atoms with Crippen molar-refractivity contribution in [1.29, 1.82) is 0 Å². The summed E-state index contributed by atoms with van der Waals surface area (Å²) in [7, 11) is 0. The molecule has 0 spiro atoms. The molecule has 2 atom stereocenters. The molecule has 0 radical (unpaired) electrons. The van der Waals surface area contributed by atoms with Crippen LogP contribution >= 0.6 is 0 Å². The topological polar surface area (TPSA) is 39.1 Å². The van der Waals surface area contributed by atoms with E-state index < -0.39 is 0 Å². The van der Waals surface area contributed by atoms with Gasteiger partial charge in [-0.3, -0.25) is 0 Å². The zero-order valence-electron chi connectivity index (χ0n) is 12.9. The summed E-state index contributed by atoms with van der Waals surface area (Å²) in [5.41, 5.74) is 2.35. The summed E-state index contributed by atoms with van der Waals surface area (Å²) < 4.78 is 7.70. The number of aromatic nitrogens is 2. The normalized spacial score (nSPS) is 23.6. The van der Waals surface area contributed by atoms with Gasteiger partial charge in [-0.15, -0.1) is 0 Å².